The molecule has 7 nitrogen and oxygen atoms in total. The molecular formula is C27H33N5O2. The number of rotatable bonds is 6. The monoisotopic (exact) mass is 459 g/mol. The number of piperidine rings is 1. The number of pyridine rings is 2. The van der Waals surface area contributed by atoms with Gasteiger partial charge >= 0.3 is 0 Å². The first kappa shape index (κ1) is 22.7. The number of fused-ring (bicyclic) bond motifs is 1. The van der Waals surface area contributed by atoms with Gasteiger partial charge in [0.2, 0.25) is 0 Å². The van der Waals surface area contributed by atoms with Crippen LogP contribution in [0.25, 0.3) is 11.0 Å². The highest BCUT2D eigenvalue weighted by Gasteiger charge is 2.38. The largest absolute Gasteiger partial charge is 0.386 e. The molecule has 0 spiro atoms. The Balaban J connectivity index is 1.21. The molecular weight excluding hydrogens is 426 g/mol. The van der Waals surface area contributed by atoms with Crippen molar-refractivity contribution in [2.75, 3.05) is 44.7 Å². The van der Waals surface area contributed by atoms with E-state index in [0.717, 1.165) is 36.4 Å². The SMILES string of the molecule is CN(CC1(O)CCN(c2ccnc3cccnc23)C1)C(=O)c1ccc(CN2CCCCC2)cc1. The summed E-state index contributed by atoms with van der Waals surface area (Å²) in [6.45, 7) is 4.70. The van der Waals surface area contributed by atoms with Crippen LogP contribution in [0.1, 0.15) is 41.6 Å². The normalized spacial score (nSPS) is 21.2. The van der Waals surface area contributed by atoms with Crippen molar-refractivity contribution < 1.29 is 9.90 Å². The number of aliphatic hydroxyl groups is 1. The molecule has 2 aliphatic rings. The van der Waals surface area contributed by atoms with E-state index in [0.29, 0.717) is 25.1 Å². The van der Waals surface area contributed by atoms with Crippen LogP contribution in [0.4, 0.5) is 5.69 Å². The molecule has 1 atom stereocenters. The summed E-state index contributed by atoms with van der Waals surface area (Å²) in [7, 11) is 1.77. The fourth-order valence-electron chi connectivity index (χ4n) is 5.27. The van der Waals surface area contributed by atoms with Crippen molar-refractivity contribution >= 4 is 22.6 Å². The van der Waals surface area contributed by atoms with Crippen molar-refractivity contribution in [2.45, 2.75) is 37.8 Å². The van der Waals surface area contributed by atoms with Gasteiger partial charge in [0.25, 0.3) is 5.91 Å². The van der Waals surface area contributed by atoms with Crippen LogP contribution < -0.4 is 4.90 Å². The molecule has 2 aromatic heterocycles. The summed E-state index contributed by atoms with van der Waals surface area (Å²) in [6, 6.07) is 13.7. The maximum absolute atomic E-state index is 13.1. The summed E-state index contributed by atoms with van der Waals surface area (Å²) in [6.07, 6.45) is 8.01. The highest BCUT2D eigenvalue weighted by atomic mass is 16.3. The number of benzene rings is 1. The van der Waals surface area contributed by atoms with E-state index < -0.39 is 5.60 Å². The lowest BCUT2D eigenvalue weighted by atomic mass is 10.0. The molecule has 1 amide bonds. The molecule has 1 aromatic carbocycles. The quantitative estimate of drug-likeness (QED) is 0.610. The highest BCUT2D eigenvalue weighted by molar-refractivity contribution is 5.94. The van der Waals surface area contributed by atoms with Crippen molar-refractivity contribution in [3.05, 3.63) is 66.0 Å². The Morgan fingerprint density at radius 2 is 1.82 bits per heavy atom. The van der Waals surface area contributed by atoms with E-state index in [-0.39, 0.29) is 12.5 Å². The van der Waals surface area contributed by atoms with E-state index in [9.17, 15) is 9.90 Å². The molecule has 3 aromatic rings. The van der Waals surface area contributed by atoms with Gasteiger partial charge in [-0.2, -0.15) is 0 Å². The number of hydrogen-bond donors (Lipinski definition) is 1. The third kappa shape index (κ3) is 4.91. The van der Waals surface area contributed by atoms with Gasteiger partial charge in [0.1, 0.15) is 11.1 Å². The maximum Gasteiger partial charge on any atom is 0.253 e. The van der Waals surface area contributed by atoms with E-state index in [4.69, 9.17) is 0 Å². The van der Waals surface area contributed by atoms with E-state index in [2.05, 4.69) is 31.9 Å². The van der Waals surface area contributed by atoms with Gasteiger partial charge in [-0.1, -0.05) is 18.6 Å². The van der Waals surface area contributed by atoms with Crippen LogP contribution in [0, 0.1) is 0 Å². The summed E-state index contributed by atoms with van der Waals surface area (Å²) < 4.78 is 0. The number of carbonyl (C=O) groups excluding carboxylic acids is 1. The number of amides is 1. The lowest BCUT2D eigenvalue weighted by molar-refractivity contribution is 0.0264. The lowest BCUT2D eigenvalue weighted by Crippen LogP contribution is -2.45. The Labute approximate surface area is 201 Å². The van der Waals surface area contributed by atoms with Crippen molar-refractivity contribution in [1.29, 1.82) is 0 Å². The third-order valence-corrected chi connectivity index (χ3v) is 7.08. The first-order valence-electron chi connectivity index (χ1n) is 12.2. The minimum Gasteiger partial charge on any atom is -0.386 e. The van der Waals surface area contributed by atoms with Gasteiger partial charge in [-0.15, -0.1) is 0 Å². The van der Waals surface area contributed by atoms with E-state index in [1.807, 2.05) is 30.3 Å². The second-order valence-electron chi connectivity index (χ2n) is 9.79. The molecule has 1 N–H and O–H groups in total. The lowest BCUT2D eigenvalue weighted by Gasteiger charge is -2.29. The minimum atomic E-state index is -0.969. The number of carbonyl (C=O) groups is 1. The summed E-state index contributed by atoms with van der Waals surface area (Å²) in [5.74, 6) is -0.0626. The Kier molecular flexibility index (Phi) is 6.48. The number of nitrogens with zero attached hydrogens (tertiary/aromatic N) is 5. The molecule has 0 aliphatic carbocycles. The van der Waals surface area contributed by atoms with Crippen molar-refractivity contribution in [3.8, 4) is 0 Å². The number of likely N-dealkylation sites (N-methyl/N-ethyl adjacent to an activating group) is 1. The van der Waals surface area contributed by atoms with Crippen LogP contribution in [-0.2, 0) is 6.54 Å². The smallest absolute Gasteiger partial charge is 0.253 e. The van der Waals surface area contributed by atoms with Crippen LogP contribution in [-0.4, -0.2) is 76.2 Å². The fourth-order valence-corrected chi connectivity index (χ4v) is 5.27. The zero-order chi connectivity index (χ0) is 23.5. The second kappa shape index (κ2) is 9.68. The fraction of sp³-hybridized carbons (Fsp3) is 0.444. The summed E-state index contributed by atoms with van der Waals surface area (Å²) in [5, 5.41) is 11.3. The number of hydrogen-bond acceptors (Lipinski definition) is 6. The number of aromatic nitrogens is 2. The molecule has 0 bridgehead atoms. The predicted octanol–water partition coefficient (Wildman–Crippen LogP) is 3.33. The molecule has 34 heavy (non-hydrogen) atoms. The first-order chi connectivity index (χ1) is 16.5. The van der Waals surface area contributed by atoms with E-state index in [1.54, 1.807) is 24.3 Å². The molecule has 2 aliphatic heterocycles. The molecule has 0 radical (unpaired) electrons. The standard InChI is InChI=1S/C27H33N5O2/c1-30(26(33)22-9-7-21(8-10-22)18-31-15-3-2-4-16-31)19-27(34)12-17-32(20-27)24-11-14-28-23-6-5-13-29-25(23)24/h5-11,13-14,34H,2-4,12,15-20H2,1H3. The molecule has 2 saturated heterocycles. The van der Waals surface area contributed by atoms with Gasteiger partial charge < -0.3 is 14.9 Å². The zero-order valence-corrected chi connectivity index (χ0v) is 19.9. The topological polar surface area (TPSA) is 72.8 Å². The molecule has 178 valence electrons. The number of β-amino-alcohol motifs (C(OH)–C–C–N with tert-alkyl or cyclic N) is 1. The second-order valence-corrected chi connectivity index (χ2v) is 9.79. The average molecular weight is 460 g/mol. The van der Waals surface area contributed by atoms with E-state index in [1.165, 1.54) is 24.8 Å². The molecule has 4 heterocycles. The van der Waals surface area contributed by atoms with Crippen LogP contribution in [0.2, 0.25) is 0 Å². The Morgan fingerprint density at radius 1 is 1.03 bits per heavy atom. The van der Waals surface area contributed by atoms with Gasteiger partial charge in [-0.25, -0.2) is 0 Å². The maximum atomic E-state index is 13.1. The number of anilines is 1. The number of likely N-dealkylation sites (tertiary alicyclic amines) is 1. The van der Waals surface area contributed by atoms with Crippen LogP contribution in [0.5, 0.6) is 0 Å². The highest BCUT2D eigenvalue weighted by Crippen LogP contribution is 2.31. The van der Waals surface area contributed by atoms with Gasteiger partial charge in [0.15, 0.2) is 0 Å². The van der Waals surface area contributed by atoms with Crippen molar-refractivity contribution in [1.82, 2.24) is 19.8 Å². The van der Waals surface area contributed by atoms with Crippen LogP contribution in [0.15, 0.2) is 54.9 Å². The predicted molar refractivity (Wildman–Crippen MR) is 134 cm³/mol. The minimum absolute atomic E-state index is 0.0626. The van der Waals surface area contributed by atoms with Crippen LogP contribution in [0.3, 0.4) is 0 Å². The molecule has 0 saturated carbocycles. The molecule has 5 rings (SSSR count). The van der Waals surface area contributed by atoms with Crippen LogP contribution >= 0.6 is 0 Å². The Bertz CT molecular complexity index is 1140. The summed E-state index contributed by atoms with van der Waals surface area (Å²) >= 11 is 0. The van der Waals surface area contributed by atoms with Crippen molar-refractivity contribution in [2.24, 2.45) is 0 Å². The van der Waals surface area contributed by atoms with Gasteiger partial charge in [0.05, 0.1) is 17.7 Å². The molecule has 2 fully saturated rings. The summed E-state index contributed by atoms with van der Waals surface area (Å²) in [5.41, 5.74) is 3.58. The Hall–Kier alpha value is -3.03. The summed E-state index contributed by atoms with van der Waals surface area (Å²) in [4.78, 5) is 28.2. The molecule has 1 unspecified atom stereocenters. The third-order valence-electron chi connectivity index (χ3n) is 7.08. The first-order valence-corrected chi connectivity index (χ1v) is 12.2. The Morgan fingerprint density at radius 3 is 2.62 bits per heavy atom. The van der Waals surface area contributed by atoms with E-state index >= 15 is 0 Å². The van der Waals surface area contributed by atoms with Gasteiger partial charge in [-0.05, 0) is 68.2 Å². The average Bonchev–Trinajstić information content (AvgIpc) is 3.25. The van der Waals surface area contributed by atoms with Crippen molar-refractivity contribution in [3.63, 3.8) is 0 Å². The van der Waals surface area contributed by atoms with Gasteiger partial charge in [-0.3, -0.25) is 19.7 Å². The zero-order valence-electron chi connectivity index (χ0n) is 19.9. The molecule has 7 heteroatoms. The van der Waals surface area contributed by atoms with Gasteiger partial charge in [0, 0.05) is 44.6 Å².